The van der Waals surface area contributed by atoms with Gasteiger partial charge < -0.3 is 14.4 Å². The molecule has 2 aliphatic carbocycles. The van der Waals surface area contributed by atoms with Crippen LogP contribution in [0.4, 0.5) is 0 Å². The molecule has 6 rings (SSSR count). The van der Waals surface area contributed by atoms with Gasteiger partial charge in [-0.15, -0.1) is 0 Å². The van der Waals surface area contributed by atoms with E-state index >= 15 is 0 Å². The quantitative estimate of drug-likeness (QED) is 0.230. The van der Waals surface area contributed by atoms with Gasteiger partial charge in [0.2, 0.25) is 0 Å². The van der Waals surface area contributed by atoms with E-state index in [9.17, 15) is 5.11 Å². The summed E-state index contributed by atoms with van der Waals surface area (Å²) in [6.07, 6.45) is 3.65. The number of rotatable bonds is 7. The number of aryl methyl sites for hydroxylation is 1. The molecule has 1 aromatic heterocycles. The molecule has 206 valence electrons. The van der Waals surface area contributed by atoms with Crippen molar-refractivity contribution in [1.29, 1.82) is 0 Å². The minimum Gasteiger partial charge on any atom is -0.489 e. The van der Waals surface area contributed by atoms with Gasteiger partial charge in [-0.3, -0.25) is 0 Å². The van der Waals surface area contributed by atoms with Gasteiger partial charge in [0.1, 0.15) is 23.8 Å². The van der Waals surface area contributed by atoms with Gasteiger partial charge >= 0.3 is 6.15 Å². The number of hydrogen-bond donors (Lipinski definition) is 1. The monoisotopic (exact) mass is 597 g/mol. The molecular weight excluding hydrogens is 573 g/mol. The Bertz CT molecular complexity index is 1550. The van der Waals surface area contributed by atoms with Crippen LogP contribution < -0.4 is 4.74 Å². The molecule has 4 aromatic rings. The molecule has 2 saturated carbocycles. The fraction of sp³-hybridized carbons (Fsp3) is 0.290. The van der Waals surface area contributed by atoms with Crippen LogP contribution in [0, 0.1) is 6.92 Å². The lowest BCUT2D eigenvalue weighted by Crippen LogP contribution is -2.40. The van der Waals surface area contributed by atoms with Crippen molar-refractivity contribution >= 4 is 41.0 Å². The predicted octanol–water partition coefficient (Wildman–Crippen LogP) is 8.25. The molecule has 0 aliphatic heterocycles. The van der Waals surface area contributed by atoms with Crippen molar-refractivity contribution in [3.05, 3.63) is 104 Å². The Labute approximate surface area is 246 Å². The van der Waals surface area contributed by atoms with E-state index in [4.69, 9.17) is 53.7 Å². The fourth-order valence-corrected chi connectivity index (χ4v) is 6.33. The summed E-state index contributed by atoms with van der Waals surface area (Å²) in [5.41, 5.74) is 4.42. The highest BCUT2D eigenvalue weighted by atomic mass is 35.5. The molecule has 0 spiro atoms. The summed E-state index contributed by atoms with van der Waals surface area (Å²) in [6, 6.07) is 19.2. The first-order valence-electron chi connectivity index (χ1n) is 12.9. The number of ether oxygens (including phenoxy) is 1. The van der Waals surface area contributed by atoms with Crippen molar-refractivity contribution in [1.82, 2.24) is 5.16 Å². The van der Waals surface area contributed by atoms with Gasteiger partial charge in [0.15, 0.2) is 0 Å². The van der Waals surface area contributed by atoms with Crippen molar-refractivity contribution in [2.75, 3.05) is 0 Å². The topological polar surface area (TPSA) is 89.6 Å². The standard InChI is InChI=1S/C30H26Cl3NO3.CO2/c1-17-5-2-3-6-21(17)19-14-30(35,15-19)23-12-11-20(13-26(23)33)36-16-22-28(34-37-29(22)18-9-10-18)27-24(31)7-4-8-25(27)32;2-1-3/h2-8,11-13,18-19,35H,9-10,14-16H2,1H3;. The van der Waals surface area contributed by atoms with E-state index in [-0.39, 0.29) is 12.8 Å². The number of aromatic nitrogens is 1. The smallest absolute Gasteiger partial charge is 0.373 e. The Balaban J connectivity index is 0.00000103. The molecule has 0 radical (unpaired) electrons. The first-order chi connectivity index (χ1) is 19.3. The van der Waals surface area contributed by atoms with Gasteiger partial charge in [-0.05, 0) is 73.9 Å². The van der Waals surface area contributed by atoms with Crippen molar-refractivity contribution in [2.45, 2.75) is 56.7 Å². The molecule has 1 heterocycles. The van der Waals surface area contributed by atoms with E-state index in [0.717, 1.165) is 29.7 Å². The van der Waals surface area contributed by atoms with E-state index in [1.807, 2.05) is 24.3 Å². The number of hydrogen-bond acceptors (Lipinski definition) is 6. The van der Waals surface area contributed by atoms with E-state index in [1.165, 1.54) is 11.1 Å². The zero-order valence-corrected chi connectivity index (χ0v) is 23.9. The van der Waals surface area contributed by atoms with Crippen LogP contribution in [-0.4, -0.2) is 16.4 Å². The number of nitrogens with zero attached hydrogens (tertiary/aromatic N) is 1. The zero-order chi connectivity index (χ0) is 28.4. The largest absolute Gasteiger partial charge is 0.489 e. The molecule has 2 aliphatic rings. The van der Waals surface area contributed by atoms with Gasteiger partial charge in [-0.25, -0.2) is 0 Å². The number of benzene rings is 3. The Kier molecular flexibility index (Phi) is 8.37. The second-order valence-corrected chi connectivity index (χ2v) is 11.5. The lowest BCUT2D eigenvalue weighted by atomic mass is 9.64. The van der Waals surface area contributed by atoms with E-state index < -0.39 is 5.60 Å². The van der Waals surface area contributed by atoms with Crippen LogP contribution in [0.25, 0.3) is 11.3 Å². The van der Waals surface area contributed by atoms with Crippen LogP contribution in [0.1, 0.15) is 65.5 Å². The van der Waals surface area contributed by atoms with Gasteiger partial charge in [-0.1, -0.05) is 76.4 Å². The number of halogens is 3. The normalized spacial score (nSPS) is 19.7. The van der Waals surface area contributed by atoms with Gasteiger partial charge in [0.25, 0.3) is 0 Å². The van der Waals surface area contributed by atoms with E-state index in [0.29, 0.717) is 56.8 Å². The Morgan fingerprint density at radius 1 is 0.975 bits per heavy atom. The van der Waals surface area contributed by atoms with Crippen LogP contribution in [-0.2, 0) is 21.8 Å². The Morgan fingerprint density at radius 3 is 2.27 bits per heavy atom. The van der Waals surface area contributed by atoms with Crippen molar-refractivity contribution < 1.29 is 24.0 Å². The van der Waals surface area contributed by atoms with Crippen LogP contribution in [0.3, 0.4) is 0 Å². The SMILES string of the molecule is Cc1ccccc1C1CC(O)(c2ccc(OCc3c(-c4c(Cl)cccc4Cl)noc3C3CC3)cc2Cl)C1.O=C=O. The maximum atomic E-state index is 11.3. The summed E-state index contributed by atoms with van der Waals surface area (Å²) < 4.78 is 11.9. The molecule has 6 nitrogen and oxygen atoms in total. The number of carbonyl (C=O) groups excluding carboxylic acids is 2. The highest BCUT2D eigenvalue weighted by Crippen LogP contribution is 2.53. The van der Waals surface area contributed by atoms with E-state index in [1.54, 1.807) is 24.3 Å². The van der Waals surface area contributed by atoms with Gasteiger partial charge in [-0.2, -0.15) is 9.59 Å². The third kappa shape index (κ3) is 5.69. The Hall–Kier alpha value is -3.12. The predicted molar refractivity (Wildman–Crippen MR) is 152 cm³/mol. The molecule has 0 saturated heterocycles. The second kappa shape index (κ2) is 11.8. The maximum absolute atomic E-state index is 11.3. The lowest BCUT2D eigenvalue weighted by molar-refractivity contribution is -0.191. The highest BCUT2D eigenvalue weighted by molar-refractivity contribution is 6.39. The molecule has 0 unspecified atom stereocenters. The summed E-state index contributed by atoms with van der Waals surface area (Å²) in [7, 11) is 0. The summed E-state index contributed by atoms with van der Waals surface area (Å²) in [4.78, 5) is 16.2. The third-order valence-corrected chi connectivity index (χ3v) is 8.53. The first kappa shape index (κ1) is 28.4. The molecule has 40 heavy (non-hydrogen) atoms. The van der Waals surface area contributed by atoms with Crippen LogP contribution >= 0.6 is 34.8 Å². The molecule has 0 atom stereocenters. The molecular formula is C31H26Cl3NO5. The molecule has 1 N–H and O–H groups in total. The van der Waals surface area contributed by atoms with Crippen LogP contribution in [0.5, 0.6) is 5.75 Å². The molecule has 0 bridgehead atoms. The molecule has 3 aromatic carbocycles. The summed E-state index contributed by atoms with van der Waals surface area (Å²) in [5, 5.41) is 17.1. The van der Waals surface area contributed by atoms with Crippen LogP contribution in [0.15, 0.2) is 65.2 Å². The summed E-state index contributed by atoms with van der Waals surface area (Å²) >= 11 is 19.6. The van der Waals surface area contributed by atoms with Crippen molar-refractivity contribution in [3.63, 3.8) is 0 Å². The van der Waals surface area contributed by atoms with Gasteiger partial charge in [0, 0.05) is 17.0 Å². The highest BCUT2D eigenvalue weighted by Gasteiger charge is 2.46. The van der Waals surface area contributed by atoms with E-state index in [2.05, 4.69) is 24.2 Å². The second-order valence-electron chi connectivity index (χ2n) is 10.3. The molecule has 9 heteroatoms. The third-order valence-electron chi connectivity index (χ3n) is 7.59. The minimum atomic E-state index is -0.940. The number of aliphatic hydroxyl groups is 1. The van der Waals surface area contributed by atoms with Crippen molar-refractivity contribution in [2.24, 2.45) is 0 Å². The zero-order valence-electron chi connectivity index (χ0n) is 21.6. The molecule has 2 fully saturated rings. The minimum absolute atomic E-state index is 0.238. The molecule has 0 amide bonds. The lowest BCUT2D eigenvalue weighted by Gasteiger charge is -2.45. The average molecular weight is 599 g/mol. The first-order valence-corrected chi connectivity index (χ1v) is 14.0. The fourth-order valence-electron chi connectivity index (χ4n) is 5.41. The van der Waals surface area contributed by atoms with Crippen LogP contribution in [0.2, 0.25) is 15.1 Å². The van der Waals surface area contributed by atoms with Gasteiger partial charge in [0.05, 0.1) is 26.2 Å². The summed E-state index contributed by atoms with van der Waals surface area (Å²) in [5.74, 6) is 2.08. The maximum Gasteiger partial charge on any atom is 0.373 e. The average Bonchev–Trinajstić information content (AvgIpc) is 3.67. The summed E-state index contributed by atoms with van der Waals surface area (Å²) in [6.45, 7) is 2.35. The van der Waals surface area contributed by atoms with Crippen molar-refractivity contribution in [3.8, 4) is 17.0 Å². The Morgan fingerprint density at radius 2 is 1.65 bits per heavy atom.